The van der Waals surface area contributed by atoms with Gasteiger partial charge < -0.3 is 5.32 Å². The standard InChI is InChI=1S/C14H29N/c1-3-8-13(4-2)11-12-15-14-9-6-5-7-10-14/h13-15H,3-12H2,1-2H3. The third-order valence-electron chi connectivity index (χ3n) is 3.87. The Labute approximate surface area is 96.0 Å². The number of hydrogen-bond donors (Lipinski definition) is 1. The van der Waals surface area contributed by atoms with Crippen molar-refractivity contribution in [1.82, 2.24) is 5.32 Å². The van der Waals surface area contributed by atoms with Crippen LogP contribution >= 0.6 is 0 Å². The highest BCUT2D eigenvalue weighted by atomic mass is 14.9. The van der Waals surface area contributed by atoms with E-state index in [-0.39, 0.29) is 0 Å². The first-order valence-corrected chi connectivity index (χ1v) is 7.10. The summed E-state index contributed by atoms with van der Waals surface area (Å²) in [5.41, 5.74) is 0. The zero-order valence-corrected chi connectivity index (χ0v) is 10.7. The normalized spacial score (nSPS) is 20.4. The SMILES string of the molecule is CCCC(CC)CCNC1CCCCC1. The lowest BCUT2D eigenvalue weighted by Gasteiger charge is -2.24. The second-order valence-corrected chi connectivity index (χ2v) is 5.14. The van der Waals surface area contributed by atoms with Gasteiger partial charge in [-0.2, -0.15) is 0 Å². The zero-order chi connectivity index (χ0) is 10.9. The fourth-order valence-electron chi connectivity index (χ4n) is 2.76. The van der Waals surface area contributed by atoms with Crippen LogP contribution < -0.4 is 5.32 Å². The van der Waals surface area contributed by atoms with Crippen molar-refractivity contribution in [2.24, 2.45) is 5.92 Å². The van der Waals surface area contributed by atoms with Gasteiger partial charge in [-0.15, -0.1) is 0 Å². The molecule has 1 rings (SSSR count). The van der Waals surface area contributed by atoms with Gasteiger partial charge in [0, 0.05) is 6.04 Å². The van der Waals surface area contributed by atoms with Crippen LogP contribution in [0.15, 0.2) is 0 Å². The van der Waals surface area contributed by atoms with Crippen LogP contribution in [0, 0.1) is 5.92 Å². The van der Waals surface area contributed by atoms with Gasteiger partial charge >= 0.3 is 0 Å². The highest BCUT2D eigenvalue weighted by Gasteiger charge is 2.12. The lowest BCUT2D eigenvalue weighted by molar-refractivity contribution is 0.347. The average Bonchev–Trinajstić information content (AvgIpc) is 2.29. The van der Waals surface area contributed by atoms with Crippen LogP contribution in [0.1, 0.15) is 71.6 Å². The summed E-state index contributed by atoms with van der Waals surface area (Å²) in [4.78, 5) is 0. The highest BCUT2D eigenvalue weighted by Crippen LogP contribution is 2.18. The molecule has 0 aromatic heterocycles. The quantitative estimate of drug-likeness (QED) is 0.668. The van der Waals surface area contributed by atoms with Crippen molar-refractivity contribution in [3.63, 3.8) is 0 Å². The molecule has 15 heavy (non-hydrogen) atoms. The van der Waals surface area contributed by atoms with E-state index in [1.807, 2.05) is 0 Å². The molecule has 1 aliphatic carbocycles. The first-order chi connectivity index (χ1) is 7.36. The van der Waals surface area contributed by atoms with Crippen molar-refractivity contribution in [3.8, 4) is 0 Å². The maximum absolute atomic E-state index is 3.74. The molecule has 0 spiro atoms. The van der Waals surface area contributed by atoms with Gasteiger partial charge in [-0.05, 0) is 31.7 Å². The number of rotatable bonds is 7. The number of hydrogen-bond acceptors (Lipinski definition) is 1. The largest absolute Gasteiger partial charge is 0.314 e. The minimum Gasteiger partial charge on any atom is -0.314 e. The van der Waals surface area contributed by atoms with Crippen molar-refractivity contribution in [1.29, 1.82) is 0 Å². The van der Waals surface area contributed by atoms with Gasteiger partial charge in [0.05, 0.1) is 0 Å². The lowest BCUT2D eigenvalue weighted by atomic mass is 9.94. The van der Waals surface area contributed by atoms with E-state index in [1.54, 1.807) is 0 Å². The topological polar surface area (TPSA) is 12.0 Å². The summed E-state index contributed by atoms with van der Waals surface area (Å²) in [5, 5.41) is 3.74. The van der Waals surface area contributed by atoms with Crippen LogP contribution in [-0.2, 0) is 0 Å². The maximum atomic E-state index is 3.74. The van der Waals surface area contributed by atoms with Crippen LogP contribution in [0.25, 0.3) is 0 Å². The molecule has 0 radical (unpaired) electrons. The molecule has 1 fully saturated rings. The van der Waals surface area contributed by atoms with Crippen LogP contribution in [0.2, 0.25) is 0 Å². The molecule has 1 nitrogen and oxygen atoms in total. The van der Waals surface area contributed by atoms with E-state index in [0.29, 0.717) is 0 Å². The van der Waals surface area contributed by atoms with Gasteiger partial charge in [0.2, 0.25) is 0 Å². The van der Waals surface area contributed by atoms with Crippen molar-refractivity contribution in [2.45, 2.75) is 77.7 Å². The Balaban J connectivity index is 2.03. The molecule has 0 aromatic carbocycles. The summed E-state index contributed by atoms with van der Waals surface area (Å²) in [7, 11) is 0. The molecule has 1 unspecified atom stereocenters. The van der Waals surface area contributed by atoms with Gasteiger partial charge in [-0.25, -0.2) is 0 Å². The molecule has 1 atom stereocenters. The van der Waals surface area contributed by atoms with Crippen LogP contribution in [-0.4, -0.2) is 12.6 Å². The molecule has 1 saturated carbocycles. The minimum absolute atomic E-state index is 0.845. The molecule has 1 heteroatoms. The maximum Gasteiger partial charge on any atom is 0.00670 e. The van der Waals surface area contributed by atoms with Crippen molar-refractivity contribution < 1.29 is 0 Å². The van der Waals surface area contributed by atoms with Crippen molar-refractivity contribution in [2.75, 3.05) is 6.54 Å². The zero-order valence-electron chi connectivity index (χ0n) is 10.7. The van der Waals surface area contributed by atoms with Crippen LogP contribution in [0.3, 0.4) is 0 Å². The Kier molecular flexibility index (Phi) is 7.08. The van der Waals surface area contributed by atoms with Crippen LogP contribution in [0.4, 0.5) is 0 Å². The molecule has 1 N–H and O–H groups in total. The van der Waals surface area contributed by atoms with E-state index in [9.17, 15) is 0 Å². The van der Waals surface area contributed by atoms with E-state index < -0.39 is 0 Å². The molecule has 0 heterocycles. The fraction of sp³-hybridized carbons (Fsp3) is 1.00. The van der Waals surface area contributed by atoms with Crippen molar-refractivity contribution in [3.05, 3.63) is 0 Å². The predicted octanol–water partition coefficient (Wildman–Crippen LogP) is 4.13. The Morgan fingerprint density at radius 2 is 1.80 bits per heavy atom. The highest BCUT2D eigenvalue weighted by molar-refractivity contribution is 4.72. The first kappa shape index (κ1) is 13.0. The summed E-state index contributed by atoms with van der Waals surface area (Å²) in [6.45, 7) is 5.89. The lowest BCUT2D eigenvalue weighted by Crippen LogP contribution is -2.32. The summed E-state index contributed by atoms with van der Waals surface area (Å²) >= 11 is 0. The smallest absolute Gasteiger partial charge is 0.00670 e. The molecular weight excluding hydrogens is 182 g/mol. The Hall–Kier alpha value is -0.0400. The second kappa shape index (κ2) is 8.15. The summed E-state index contributed by atoms with van der Waals surface area (Å²) in [6, 6.07) is 0.845. The molecule has 0 aliphatic heterocycles. The van der Waals surface area contributed by atoms with Gasteiger partial charge in [-0.3, -0.25) is 0 Å². The fourth-order valence-corrected chi connectivity index (χ4v) is 2.76. The molecule has 0 bridgehead atoms. The third-order valence-corrected chi connectivity index (χ3v) is 3.87. The Morgan fingerprint density at radius 1 is 1.07 bits per heavy atom. The van der Waals surface area contributed by atoms with E-state index >= 15 is 0 Å². The van der Waals surface area contributed by atoms with Crippen molar-refractivity contribution >= 4 is 0 Å². The first-order valence-electron chi connectivity index (χ1n) is 7.10. The van der Waals surface area contributed by atoms with Gasteiger partial charge in [0.1, 0.15) is 0 Å². The van der Waals surface area contributed by atoms with E-state index in [1.165, 1.54) is 64.3 Å². The minimum atomic E-state index is 0.845. The predicted molar refractivity (Wildman–Crippen MR) is 68.2 cm³/mol. The molecule has 0 amide bonds. The van der Waals surface area contributed by atoms with E-state index in [0.717, 1.165) is 12.0 Å². The van der Waals surface area contributed by atoms with Gasteiger partial charge in [0.15, 0.2) is 0 Å². The molecule has 90 valence electrons. The third kappa shape index (κ3) is 5.55. The summed E-state index contributed by atoms with van der Waals surface area (Å²) in [5.74, 6) is 0.964. The summed E-state index contributed by atoms with van der Waals surface area (Å²) in [6.07, 6.45) is 12.7. The van der Waals surface area contributed by atoms with Gasteiger partial charge in [0.25, 0.3) is 0 Å². The number of nitrogens with one attached hydrogen (secondary N) is 1. The molecule has 0 aromatic rings. The van der Waals surface area contributed by atoms with E-state index in [2.05, 4.69) is 19.2 Å². The summed E-state index contributed by atoms with van der Waals surface area (Å²) < 4.78 is 0. The van der Waals surface area contributed by atoms with Crippen LogP contribution in [0.5, 0.6) is 0 Å². The monoisotopic (exact) mass is 211 g/mol. The molecule has 0 saturated heterocycles. The Bertz CT molecular complexity index is 134. The van der Waals surface area contributed by atoms with Gasteiger partial charge in [-0.1, -0.05) is 52.4 Å². The molecular formula is C14H29N. The Morgan fingerprint density at radius 3 is 2.40 bits per heavy atom. The molecule has 1 aliphatic rings. The average molecular weight is 211 g/mol. The second-order valence-electron chi connectivity index (χ2n) is 5.14. The van der Waals surface area contributed by atoms with E-state index in [4.69, 9.17) is 0 Å².